The number of piperidine rings is 1. The molecular weight excluding hydrogens is 418 g/mol. The van der Waals surface area contributed by atoms with Crippen LogP contribution in [0, 0.1) is 13.8 Å². The lowest BCUT2D eigenvalue weighted by Crippen LogP contribution is -2.48. The summed E-state index contributed by atoms with van der Waals surface area (Å²) >= 11 is 0. The summed E-state index contributed by atoms with van der Waals surface area (Å²) in [7, 11) is -3.67. The highest BCUT2D eigenvalue weighted by Gasteiger charge is 2.43. The first kappa shape index (κ1) is 21.5. The first-order valence-corrected chi connectivity index (χ1v) is 11.9. The minimum absolute atomic E-state index is 0.0205. The lowest BCUT2D eigenvalue weighted by molar-refractivity contribution is -0.116. The molecule has 0 spiro atoms. The molecule has 3 amide bonds. The largest absolute Gasteiger partial charge is 0.332 e. The van der Waals surface area contributed by atoms with E-state index in [-0.39, 0.29) is 29.4 Å². The van der Waals surface area contributed by atoms with Crippen molar-refractivity contribution in [2.75, 3.05) is 24.5 Å². The summed E-state index contributed by atoms with van der Waals surface area (Å²) in [6, 6.07) is 8.35. The Balaban J connectivity index is 1.47. The number of aromatic nitrogens is 2. The molecule has 0 bridgehead atoms. The number of amides is 3. The van der Waals surface area contributed by atoms with E-state index in [2.05, 4.69) is 5.10 Å². The fraction of sp³-hybridized carbons (Fsp3) is 0.476. The smallest absolute Gasteiger partial charge is 0.312 e. The molecule has 2 aliphatic rings. The minimum atomic E-state index is -3.67. The monoisotopic (exact) mass is 445 g/mol. The van der Waals surface area contributed by atoms with E-state index in [4.69, 9.17) is 0 Å². The van der Waals surface area contributed by atoms with Gasteiger partial charge < -0.3 is 4.90 Å². The van der Waals surface area contributed by atoms with Crippen LogP contribution in [-0.4, -0.2) is 65.0 Å². The van der Waals surface area contributed by atoms with Crippen LogP contribution in [0.5, 0.6) is 0 Å². The number of carbonyl (C=O) groups excluding carboxylic acids is 2. The van der Waals surface area contributed by atoms with Crippen LogP contribution in [0.1, 0.15) is 31.2 Å². The van der Waals surface area contributed by atoms with Crippen molar-refractivity contribution >= 4 is 27.6 Å². The number of rotatable bonds is 5. The number of urea groups is 1. The summed E-state index contributed by atoms with van der Waals surface area (Å²) < 4.78 is 29.7. The van der Waals surface area contributed by atoms with Crippen LogP contribution >= 0.6 is 0 Å². The fourth-order valence-corrected chi connectivity index (χ4v) is 6.36. The molecule has 2 aliphatic heterocycles. The van der Waals surface area contributed by atoms with Crippen molar-refractivity contribution in [1.29, 1.82) is 0 Å². The maximum Gasteiger partial charge on any atom is 0.332 e. The number of carbonyl (C=O) groups is 2. The molecule has 0 unspecified atom stereocenters. The van der Waals surface area contributed by atoms with Gasteiger partial charge in [-0.2, -0.15) is 9.40 Å². The number of hydrogen-bond donors (Lipinski definition) is 0. The molecule has 9 nitrogen and oxygen atoms in total. The second-order valence-corrected chi connectivity index (χ2v) is 9.80. The molecule has 3 heterocycles. The van der Waals surface area contributed by atoms with Crippen molar-refractivity contribution in [2.24, 2.45) is 0 Å². The van der Waals surface area contributed by atoms with Gasteiger partial charge in [-0.25, -0.2) is 18.1 Å². The third-order valence-electron chi connectivity index (χ3n) is 6.08. The van der Waals surface area contributed by atoms with Gasteiger partial charge in [-0.1, -0.05) is 18.2 Å². The van der Waals surface area contributed by atoms with Gasteiger partial charge in [-0.05, 0) is 45.7 Å². The minimum Gasteiger partial charge on any atom is -0.312 e. The molecule has 10 heteroatoms. The Morgan fingerprint density at radius 3 is 2.29 bits per heavy atom. The van der Waals surface area contributed by atoms with Gasteiger partial charge in [0.05, 0.1) is 17.1 Å². The van der Waals surface area contributed by atoms with Crippen molar-refractivity contribution < 1.29 is 18.0 Å². The predicted octanol–water partition coefficient (Wildman–Crippen LogP) is 2.14. The van der Waals surface area contributed by atoms with E-state index < -0.39 is 10.0 Å². The number of hydrogen-bond acceptors (Lipinski definition) is 5. The van der Waals surface area contributed by atoms with Crippen molar-refractivity contribution in [1.82, 2.24) is 19.0 Å². The predicted molar refractivity (Wildman–Crippen MR) is 115 cm³/mol. The van der Waals surface area contributed by atoms with Gasteiger partial charge in [0.25, 0.3) is 5.91 Å². The Bertz CT molecular complexity index is 1100. The molecule has 2 saturated heterocycles. The van der Waals surface area contributed by atoms with Crippen LogP contribution in [0.4, 0.5) is 10.5 Å². The zero-order chi connectivity index (χ0) is 22.3. The van der Waals surface area contributed by atoms with Crippen LogP contribution in [-0.2, 0) is 21.4 Å². The van der Waals surface area contributed by atoms with Crippen LogP contribution in [0.15, 0.2) is 35.2 Å². The second-order valence-electron chi connectivity index (χ2n) is 7.93. The molecule has 0 atom stereocenters. The number of imide groups is 1. The van der Waals surface area contributed by atoms with Crippen molar-refractivity contribution in [3.63, 3.8) is 0 Å². The summed E-state index contributed by atoms with van der Waals surface area (Å²) in [5, 5.41) is 4.34. The number of para-hydroxylation sites is 1. The molecular formula is C21H27N5O4S. The zero-order valence-corrected chi connectivity index (χ0v) is 18.8. The number of nitrogens with zero attached hydrogens (tertiary/aromatic N) is 5. The number of benzene rings is 1. The highest BCUT2D eigenvalue weighted by atomic mass is 32.2. The Hall–Kier alpha value is -2.72. The third-order valence-corrected chi connectivity index (χ3v) is 8.23. The molecule has 1 aromatic heterocycles. The lowest BCUT2D eigenvalue weighted by atomic mass is 10.1. The second kappa shape index (κ2) is 8.08. The van der Waals surface area contributed by atoms with E-state index >= 15 is 0 Å². The van der Waals surface area contributed by atoms with Crippen LogP contribution in [0.2, 0.25) is 0 Å². The molecule has 0 N–H and O–H groups in total. The Kier molecular flexibility index (Phi) is 5.61. The van der Waals surface area contributed by atoms with Gasteiger partial charge in [0.2, 0.25) is 10.0 Å². The number of anilines is 1. The van der Waals surface area contributed by atoms with E-state index in [0.717, 1.165) is 0 Å². The number of aryl methyl sites for hydroxylation is 2. The molecule has 4 rings (SSSR count). The molecule has 0 saturated carbocycles. The lowest BCUT2D eigenvalue weighted by Gasteiger charge is -2.35. The third kappa shape index (κ3) is 3.63. The van der Waals surface area contributed by atoms with E-state index in [0.29, 0.717) is 49.6 Å². The summed E-state index contributed by atoms with van der Waals surface area (Å²) in [5.41, 5.74) is 1.69. The SMILES string of the molecule is CCn1nc(C)c(S(=O)(=O)N2CCC(N3CC(=O)N(c4ccccc4)C3=O)CC2)c1C. The molecule has 1 aromatic carbocycles. The Morgan fingerprint density at radius 2 is 1.71 bits per heavy atom. The van der Waals surface area contributed by atoms with Crippen molar-refractivity contribution in [3.8, 4) is 0 Å². The first-order valence-electron chi connectivity index (χ1n) is 10.5. The van der Waals surface area contributed by atoms with Crippen LogP contribution < -0.4 is 4.90 Å². The Labute approximate surface area is 182 Å². The van der Waals surface area contributed by atoms with E-state index in [1.807, 2.05) is 13.0 Å². The van der Waals surface area contributed by atoms with E-state index in [1.54, 1.807) is 47.7 Å². The van der Waals surface area contributed by atoms with E-state index in [1.165, 1.54) is 9.21 Å². The highest BCUT2D eigenvalue weighted by Crippen LogP contribution is 2.30. The van der Waals surface area contributed by atoms with Crippen LogP contribution in [0.3, 0.4) is 0 Å². The van der Waals surface area contributed by atoms with Gasteiger partial charge in [-0.15, -0.1) is 0 Å². The molecule has 31 heavy (non-hydrogen) atoms. The standard InChI is InChI=1S/C21H27N5O4S/c1-4-25-16(3)20(15(2)22-25)31(29,30)23-12-10-17(11-13-23)24-14-19(27)26(21(24)28)18-8-6-5-7-9-18/h5-9,17H,4,10-14H2,1-3H3. The molecule has 0 radical (unpaired) electrons. The fourth-order valence-electron chi connectivity index (χ4n) is 4.52. The molecule has 166 valence electrons. The average molecular weight is 446 g/mol. The summed E-state index contributed by atoms with van der Waals surface area (Å²) in [6.45, 7) is 6.63. The summed E-state index contributed by atoms with van der Waals surface area (Å²) in [6.07, 6.45) is 0.974. The van der Waals surface area contributed by atoms with Gasteiger partial charge in [0.1, 0.15) is 11.4 Å². The van der Waals surface area contributed by atoms with Crippen molar-refractivity contribution in [3.05, 3.63) is 41.7 Å². The van der Waals surface area contributed by atoms with Gasteiger partial charge in [0.15, 0.2) is 0 Å². The molecule has 2 aromatic rings. The van der Waals surface area contributed by atoms with E-state index in [9.17, 15) is 18.0 Å². The first-order chi connectivity index (χ1) is 14.8. The number of sulfonamides is 1. The van der Waals surface area contributed by atoms with Gasteiger partial charge in [0, 0.05) is 25.7 Å². The maximum atomic E-state index is 13.3. The normalized spacial score (nSPS) is 18.9. The maximum absolute atomic E-state index is 13.3. The molecule has 2 fully saturated rings. The summed E-state index contributed by atoms with van der Waals surface area (Å²) in [5.74, 6) is -0.260. The van der Waals surface area contributed by atoms with Gasteiger partial charge >= 0.3 is 6.03 Å². The molecule has 0 aliphatic carbocycles. The van der Waals surface area contributed by atoms with Gasteiger partial charge in [-0.3, -0.25) is 9.48 Å². The highest BCUT2D eigenvalue weighted by molar-refractivity contribution is 7.89. The summed E-state index contributed by atoms with van der Waals surface area (Å²) in [4.78, 5) is 28.5. The topological polar surface area (TPSA) is 95.8 Å². The average Bonchev–Trinajstić information content (AvgIpc) is 3.23. The zero-order valence-electron chi connectivity index (χ0n) is 18.0. The quantitative estimate of drug-likeness (QED) is 0.657. The van der Waals surface area contributed by atoms with Crippen molar-refractivity contribution in [2.45, 2.75) is 51.1 Å². The Morgan fingerprint density at radius 1 is 1.06 bits per heavy atom. The van der Waals surface area contributed by atoms with Crippen LogP contribution in [0.25, 0.3) is 0 Å².